The Labute approximate surface area is 155 Å². The first-order valence-corrected chi connectivity index (χ1v) is 8.98. The molecule has 2 aromatic rings. The molecule has 5 heteroatoms. The minimum absolute atomic E-state index is 0.198. The van der Waals surface area contributed by atoms with Crippen LogP contribution in [-0.2, 0) is 6.42 Å². The lowest BCUT2D eigenvalue weighted by Crippen LogP contribution is -2.30. The van der Waals surface area contributed by atoms with Crippen molar-refractivity contribution in [3.63, 3.8) is 0 Å². The Balaban J connectivity index is 1.89. The summed E-state index contributed by atoms with van der Waals surface area (Å²) in [5.41, 5.74) is 3.05. The molecule has 0 spiro atoms. The minimum atomic E-state index is -0.198. The maximum Gasteiger partial charge on any atom is 0.319 e. The van der Waals surface area contributed by atoms with Gasteiger partial charge in [-0.25, -0.2) is 4.79 Å². The zero-order chi connectivity index (χ0) is 18.9. The van der Waals surface area contributed by atoms with Gasteiger partial charge in [-0.3, -0.25) is 0 Å². The van der Waals surface area contributed by atoms with E-state index in [2.05, 4.69) is 24.5 Å². The summed E-state index contributed by atoms with van der Waals surface area (Å²) in [6.45, 7) is 7.28. The highest BCUT2D eigenvalue weighted by atomic mass is 16.5. The molecule has 5 nitrogen and oxygen atoms in total. The predicted octanol–water partition coefficient (Wildman–Crippen LogP) is 4.58. The van der Waals surface area contributed by atoms with Gasteiger partial charge in [-0.1, -0.05) is 38.1 Å². The Bertz CT molecular complexity index is 729. The van der Waals surface area contributed by atoms with Crippen LogP contribution in [0.2, 0.25) is 0 Å². The van der Waals surface area contributed by atoms with E-state index in [9.17, 15) is 4.79 Å². The third kappa shape index (κ3) is 5.41. The number of para-hydroxylation sites is 1. The Morgan fingerprint density at radius 3 is 2.58 bits per heavy atom. The van der Waals surface area contributed by atoms with Gasteiger partial charge in [0, 0.05) is 12.2 Å². The van der Waals surface area contributed by atoms with E-state index in [-0.39, 0.29) is 6.03 Å². The molecule has 0 saturated heterocycles. The molecule has 26 heavy (non-hydrogen) atoms. The molecule has 2 aromatic carbocycles. The number of carbonyl (C=O) groups is 1. The van der Waals surface area contributed by atoms with E-state index < -0.39 is 0 Å². The van der Waals surface area contributed by atoms with Crippen LogP contribution >= 0.6 is 0 Å². The number of anilines is 1. The van der Waals surface area contributed by atoms with Crippen molar-refractivity contribution in [2.75, 3.05) is 25.6 Å². The first-order chi connectivity index (χ1) is 12.5. The average Bonchev–Trinajstić information content (AvgIpc) is 2.63. The molecule has 0 atom stereocenters. The lowest BCUT2D eigenvalue weighted by molar-refractivity contribution is 0.252. The van der Waals surface area contributed by atoms with Gasteiger partial charge in [0.2, 0.25) is 0 Å². The summed E-state index contributed by atoms with van der Waals surface area (Å²) < 4.78 is 10.9. The van der Waals surface area contributed by atoms with Crippen LogP contribution in [0, 0.1) is 0 Å². The van der Waals surface area contributed by atoms with E-state index in [0.717, 1.165) is 22.6 Å². The normalized spacial score (nSPS) is 10.5. The van der Waals surface area contributed by atoms with Crippen molar-refractivity contribution in [3.8, 4) is 11.5 Å². The quantitative estimate of drug-likeness (QED) is 0.728. The summed E-state index contributed by atoms with van der Waals surface area (Å²) in [6, 6.07) is 13.5. The van der Waals surface area contributed by atoms with E-state index in [1.165, 1.54) is 0 Å². The van der Waals surface area contributed by atoms with Gasteiger partial charge in [0.15, 0.2) is 11.5 Å². The molecular formula is C21H28N2O3. The van der Waals surface area contributed by atoms with E-state index in [1.807, 2.05) is 49.4 Å². The molecule has 2 rings (SSSR count). The van der Waals surface area contributed by atoms with Gasteiger partial charge in [-0.15, -0.1) is 0 Å². The zero-order valence-electron chi connectivity index (χ0n) is 16.0. The second-order valence-electron chi connectivity index (χ2n) is 6.29. The van der Waals surface area contributed by atoms with Crippen molar-refractivity contribution in [2.45, 2.75) is 33.1 Å². The van der Waals surface area contributed by atoms with Gasteiger partial charge in [0.25, 0.3) is 0 Å². The number of methoxy groups -OCH3 is 1. The van der Waals surface area contributed by atoms with Crippen LogP contribution in [0.4, 0.5) is 10.5 Å². The van der Waals surface area contributed by atoms with Crippen LogP contribution in [0.3, 0.4) is 0 Å². The number of amides is 2. The molecule has 0 aliphatic rings. The van der Waals surface area contributed by atoms with Crippen molar-refractivity contribution in [1.29, 1.82) is 0 Å². The number of hydrogen-bond acceptors (Lipinski definition) is 3. The monoisotopic (exact) mass is 356 g/mol. The van der Waals surface area contributed by atoms with Gasteiger partial charge in [0.1, 0.15) is 0 Å². The lowest BCUT2D eigenvalue weighted by Gasteiger charge is -2.14. The summed E-state index contributed by atoms with van der Waals surface area (Å²) in [4.78, 5) is 12.2. The summed E-state index contributed by atoms with van der Waals surface area (Å²) in [5, 5.41) is 5.83. The van der Waals surface area contributed by atoms with Crippen molar-refractivity contribution >= 4 is 11.7 Å². The van der Waals surface area contributed by atoms with Gasteiger partial charge in [-0.05, 0) is 48.6 Å². The van der Waals surface area contributed by atoms with Gasteiger partial charge >= 0.3 is 6.03 Å². The molecule has 2 N–H and O–H groups in total. The Kier molecular flexibility index (Phi) is 7.33. The Morgan fingerprint density at radius 2 is 1.88 bits per heavy atom. The molecule has 0 aromatic heterocycles. The standard InChI is InChI=1S/C21H28N2O3/c1-5-26-19-11-10-16(14-20(19)25-4)12-13-22-21(24)23-18-9-7-6-8-17(18)15(2)3/h6-11,14-15H,5,12-13H2,1-4H3,(H2,22,23,24). The molecule has 0 aliphatic heterocycles. The van der Waals surface area contributed by atoms with Gasteiger partial charge < -0.3 is 20.1 Å². The smallest absolute Gasteiger partial charge is 0.319 e. The van der Waals surface area contributed by atoms with E-state index in [0.29, 0.717) is 31.2 Å². The molecule has 0 saturated carbocycles. The van der Waals surface area contributed by atoms with Crippen LogP contribution in [0.5, 0.6) is 11.5 Å². The fourth-order valence-corrected chi connectivity index (χ4v) is 2.74. The van der Waals surface area contributed by atoms with Crippen molar-refractivity contribution in [3.05, 3.63) is 53.6 Å². The molecular weight excluding hydrogens is 328 g/mol. The first kappa shape index (κ1) is 19.6. The minimum Gasteiger partial charge on any atom is -0.493 e. The second kappa shape index (κ2) is 9.70. The molecule has 0 radical (unpaired) electrons. The van der Waals surface area contributed by atoms with Crippen LogP contribution in [0.25, 0.3) is 0 Å². The molecule has 0 bridgehead atoms. The summed E-state index contributed by atoms with van der Waals surface area (Å²) in [6.07, 6.45) is 0.710. The topological polar surface area (TPSA) is 59.6 Å². The fourth-order valence-electron chi connectivity index (χ4n) is 2.74. The number of rotatable bonds is 8. The number of nitrogens with one attached hydrogen (secondary N) is 2. The molecule has 2 amide bonds. The van der Waals surface area contributed by atoms with Crippen LogP contribution in [0.15, 0.2) is 42.5 Å². The summed E-state index contributed by atoms with van der Waals surface area (Å²) in [5.74, 6) is 1.79. The van der Waals surface area contributed by atoms with Crippen LogP contribution < -0.4 is 20.1 Å². The number of carbonyl (C=O) groups excluding carboxylic acids is 1. The maximum absolute atomic E-state index is 12.2. The largest absolute Gasteiger partial charge is 0.493 e. The van der Waals surface area contributed by atoms with Gasteiger partial charge in [0.05, 0.1) is 13.7 Å². The number of urea groups is 1. The highest BCUT2D eigenvalue weighted by Gasteiger charge is 2.09. The molecule has 0 heterocycles. The summed E-state index contributed by atoms with van der Waals surface area (Å²) in [7, 11) is 1.62. The molecule has 140 valence electrons. The van der Waals surface area contributed by atoms with Gasteiger partial charge in [-0.2, -0.15) is 0 Å². The lowest BCUT2D eigenvalue weighted by atomic mass is 10.0. The average molecular weight is 356 g/mol. The highest BCUT2D eigenvalue weighted by Crippen LogP contribution is 2.28. The maximum atomic E-state index is 12.2. The summed E-state index contributed by atoms with van der Waals surface area (Å²) >= 11 is 0. The third-order valence-electron chi connectivity index (χ3n) is 4.06. The van der Waals surface area contributed by atoms with Crippen LogP contribution in [-0.4, -0.2) is 26.3 Å². The highest BCUT2D eigenvalue weighted by molar-refractivity contribution is 5.90. The van der Waals surface area contributed by atoms with Crippen molar-refractivity contribution < 1.29 is 14.3 Å². The zero-order valence-corrected chi connectivity index (χ0v) is 16.0. The molecule has 0 fully saturated rings. The second-order valence-corrected chi connectivity index (χ2v) is 6.29. The Morgan fingerprint density at radius 1 is 1.12 bits per heavy atom. The number of hydrogen-bond donors (Lipinski definition) is 2. The first-order valence-electron chi connectivity index (χ1n) is 8.98. The third-order valence-corrected chi connectivity index (χ3v) is 4.06. The SMILES string of the molecule is CCOc1ccc(CCNC(=O)Nc2ccccc2C(C)C)cc1OC. The van der Waals surface area contributed by atoms with E-state index in [1.54, 1.807) is 7.11 Å². The van der Waals surface area contributed by atoms with Crippen molar-refractivity contribution in [1.82, 2.24) is 5.32 Å². The van der Waals surface area contributed by atoms with E-state index >= 15 is 0 Å². The van der Waals surface area contributed by atoms with Crippen molar-refractivity contribution in [2.24, 2.45) is 0 Å². The number of ether oxygens (including phenoxy) is 2. The van der Waals surface area contributed by atoms with E-state index in [4.69, 9.17) is 9.47 Å². The predicted molar refractivity (Wildman–Crippen MR) is 105 cm³/mol. The molecule has 0 aliphatic carbocycles. The molecule has 0 unspecified atom stereocenters. The van der Waals surface area contributed by atoms with Crippen LogP contribution in [0.1, 0.15) is 37.8 Å². The number of benzene rings is 2. The Hall–Kier alpha value is -2.69. The fraction of sp³-hybridized carbons (Fsp3) is 0.381.